The Bertz CT molecular complexity index is 1250. The second-order valence-electron chi connectivity index (χ2n) is 7.05. The van der Waals surface area contributed by atoms with Crippen LogP contribution in [0.1, 0.15) is 12.8 Å². The maximum atomic E-state index is 12.8. The molecule has 0 radical (unpaired) electrons. The fourth-order valence-corrected chi connectivity index (χ4v) is 5.90. The molecule has 0 aliphatic carbocycles. The predicted molar refractivity (Wildman–Crippen MR) is 118 cm³/mol. The number of sulfonamides is 1. The van der Waals surface area contributed by atoms with Crippen LogP contribution >= 0.6 is 22.9 Å². The number of nitro benzene ring substituents is 1. The highest BCUT2D eigenvalue weighted by Crippen LogP contribution is 2.30. The van der Waals surface area contributed by atoms with Crippen molar-refractivity contribution in [2.24, 2.45) is 5.92 Å². The molecule has 12 heteroatoms. The minimum Gasteiger partial charge on any atom is -0.302 e. The van der Waals surface area contributed by atoms with Gasteiger partial charge in [0.25, 0.3) is 5.69 Å². The number of nitro groups is 1. The van der Waals surface area contributed by atoms with E-state index < -0.39 is 14.9 Å². The van der Waals surface area contributed by atoms with Crippen LogP contribution in [0.4, 0.5) is 10.8 Å². The zero-order valence-electron chi connectivity index (χ0n) is 16.0. The Hall–Kier alpha value is -2.60. The molecule has 1 aromatic heterocycles. The number of non-ortho nitro benzene ring substituents is 1. The summed E-state index contributed by atoms with van der Waals surface area (Å²) in [6.07, 6.45) is 0.768. The lowest BCUT2D eigenvalue weighted by Crippen LogP contribution is -2.41. The number of aromatic nitrogens is 1. The van der Waals surface area contributed by atoms with Crippen molar-refractivity contribution in [2.45, 2.75) is 17.7 Å². The van der Waals surface area contributed by atoms with E-state index in [1.54, 1.807) is 6.07 Å². The maximum Gasteiger partial charge on any atom is 0.270 e. The van der Waals surface area contributed by atoms with Gasteiger partial charge in [-0.05, 0) is 43.2 Å². The molecule has 1 aliphatic rings. The van der Waals surface area contributed by atoms with E-state index in [9.17, 15) is 23.3 Å². The van der Waals surface area contributed by atoms with Gasteiger partial charge in [-0.2, -0.15) is 4.31 Å². The topological polar surface area (TPSA) is 123 Å². The molecule has 1 aliphatic heterocycles. The van der Waals surface area contributed by atoms with Crippen molar-refractivity contribution in [3.63, 3.8) is 0 Å². The fraction of sp³-hybridized carbons (Fsp3) is 0.263. The third kappa shape index (κ3) is 4.54. The molecule has 0 atom stereocenters. The molecule has 0 saturated carbocycles. The molecule has 1 N–H and O–H groups in total. The van der Waals surface area contributed by atoms with E-state index in [0.29, 0.717) is 33.2 Å². The van der Waals surface area contributed by atoms with Crippen LogP contribution < -0.4 is 5.32 Å². The summed E-state index contributed by atoms with van der Waals surface area (Å²) >= 11 is 6.99. The van der Waals surface area contributed by atoms with Crippen LogP contribution in [-0.4, -0.2) is 41.6 Å². The average molecular weight is 481 g/mol. The molecule has 1 amide bonds. The van der Waals surface area contributed by atoms with E-state index in [-0.39, 0.29) is 35.5 Å². The SMILES string of the molecule is O=C(Nc1nc2ccc([N+](=O)[O-])cc2s1)C1CCN(S(=O)(=O)c2ccc(Cl)cc2)CC1. The van der Waals surface area contributed by atoms with Gasteiger partial charge in [0.2, 0.25) is 15.9 Å². The maximum absolute atomic E-state index is 12.8. The summed E-state index contributed by atoms with van der Waals surface area (Å²) in [4.78, 5) is 27.5. The lowest BCUT2D eigenvalue weighted by Gasteiger charge is -2.30. The molecule has 2 aromatic carbocycles. The lowest BCUT2D eigenvalue weighted by molar-refractivity contribution is -0.384. The van der Waals surface area contributed by atoms with Crippen molar-refractivity contribution in [2.75, 3.05) is 18.4 Å². The van der Waals surface area contributed by atoms with Gasteiger partial charge in [-0.3, -0.25) is 14.9 Å². The number of piperidine rings is 1. The van der Waals surface area contributed by atoms with E-state index >= 15 is 0 Å². The summed E-state index contributed by atoms with van der Waals surface area (Å²) < 4.78 is 27.5. The van der Waals surface area contributed by atoms with Gasteiger partial charge < -0.3 is 5.32 Å². The van der Waals surface area contributed by atoms with Gasteiger partial charge in [0.15, 0.2) is 5.13 Å². The van der Waals surface area contributed by atoms with Crippen LogP contribution in [0.2, 0.25) is 5.02 Å². The number of halogens is 1. The molecule has 1 fully saturated rings. The highest BCUT2D eigenvalue weighted by Gasteiger charge is 2.32. The molecule has 3 aromatic rings. The minimum atomic E-state index is -3.64. The van der Waals surface area contributed by atoms with Crippen LogP contribution in [0, 0.1) is 16.0 Å². The van der Waals surface area contributed by atoms with Gasteiger partial charge in [0.1, 0.15) is 0 Å². The number of amides is 1. The number of rotatable bonds is 5. The molecule has 4 rings (SSSR count). The van der Waals surface area contributed by atoms with E-state index in [4.69, 9.17) is 11.6 Å². The van der Waals surface area contributed by atoms with Crippen LogP contribution in [0.25, 0.3) is 10.2 Å². The molecular weight excluding hydrogens is 464 g/mol. The molecular formula is C19H17ClN4O5S2. The Labute approximate surface area is 186 Å². The number of anilines is 1. The highest BCUT2D eigenvalue weighted by atomic mass is 35.5. The Kier molecular flexibility index (Phi) is 5.93. The smallest absolute Gasteiger partial charge is 0.270 e. The first-order valence-corrected chi connectivity index (χ1v) is 12.0. The normalized spacial score (nSPS) is 15.8. The van der Waals surface area contributed by atoms with Crippen LogP contribution in [0.15, 0.2) is 47.4 Å². The summed E-state index contributed by atoms with van der Waals surface area (Å²) in [5.41, 5.74) is 0.526. The first-order valence-electron chi connectivity index (χ1n) is 9.35. The van der Waals surface area contributed by atoms with E-state index in [1.165, 1.54) is 40.7 Å². The zero-order valence-corrected chi connectivity index (χ0v) is 18.4. The average Bonchev–Trinajstić information content (AvgIpc) is 3.15. The third-order valence-electron chi connectivity index (χ3n) is 5.09. The predicted octanol–water partition coefficient (Wildman–Crippen LogP) is 3.90. The molecule has 1 saturated heterocycles. The van der Waals surface area contributed by atoms with Crippen molar-refractivity contribution in [1.29, 1.82) is 0 Å². The second-order valence-corrected chi connectivity index (χ2v) is 10.5. The second kappa shape index (κ2) is 8.50. The summed E-state index contributed by atoms with van der Waals surface area (Å²) in [7, 11) is -3.64. The van der Waals surface area contributed by atoms with Gasteiger partial charge in [0.05, 0.1) is 20.0 Å². The number of carbonyl (C=O) groups excluding carboxylic acids is 1. The Morgan fingerprint density at radius 3 is 2.52 bits per heavy atom. The molecule has 9 nitrogen and oxygen atoms in total. The van der Waals surface area contributed by atoms with Crippen LogP contribution in [-0.2, 0) is 14.8 Å². The summed E-state index contributed by atoms with van der Waals surface area (Å²) in [6.45, 7) is 0.462. The first kappa shape index (κ1) is 21.6. The fourth-order valence-electron chi connectivity index (χ4n) is 3.40. The van der Waals surface area contributed by atoms with Crippen LogP contribution in [0.3, 0.4) is 0 Å². The minimum absolute atomic E-state index is 0.0386. The number of nitrogens with one attached hydrogen (secondary N) is 1. The van der Waals surface area contributed by atoms with Crippen molar-refractivity contribution < 1.29 is 18.1 Å². The molecule has 0 unspecified atom stereocenters. The summed E-state index contributed by atoms with van der Waals surface area (Å²) in [5.74, 6) is -0.588. The lowest BCUT2D eigenvalue weighted by atomic mass is 9.97. The number of carbonyl (C=O) groups is 1. The van der Waals surface area contributed by atoms with Crippen molar-refractivity contribution in [1.82, 2.24) is 9.29 Å². The van der Waals surface area contributed by atoms with Crippen molar-refractivity contribution >= 4 is 59.9 Å². The highest BCUT2D eigenvalue weighted by molar-refractivity contribution is 7.89. The van der Waals surface area contributed by atoms with Gasteiger partial charge in [-0.15, -0.1) is 0 Å². The summed E-state index contributed by atoms with van der Waals surface area (Å²) in [6, 6.07) is 10.3. The van der Waals surface area contributed by atoms with E-state index in [0.717, 1.165) is 11.3 Å². The number of hydrogen-bond donors (Lipinski definition) is 1. The third-order valence-corrected chi connectivity index (χ3v) is 8.19. The number of nitrogens with zero attached hydrogens (tertiary/aromatic N) is 3. The zero-order chi connectivity index (χ0) is 22.2. The van der Waals surface area contributed by atoms with Crippen LogP contribution in [0.5, 0.6) is 0 Å². The monoisotopic (exact) mass is 480 g/mol. The number of fused-ring (bicyclic) bond motifs is 1. The number of thiazole rings is 1. The Morgan fingerprint density at radius 1 is 1.19 bits per heavy atom. The number of hydrogen-bond acceptors (Lipinski definition) is 7. The van der Waals surface area contributed by atoms with Crippen molar-refractivity contribution in [3.05, 3.63) is 57.6 Å². The Morgan fingerprint density at radius 2 is 1.87 bits per heavy atom. The molecule has 162 valence electrons. The van der Waals surface area contributed by atoms with Gasteiger partial charge in [0, 0.05) is 36.2 Å². The molecule has 0 bridgehead atoms. The largest absolute Gasteiger partial charge is 0.302 e. The number of benzene rings is 2. The first-order chi connectivity index (χ1) is 14.7. The molecule has 2 heterocycles. The standard InChI is InChI=1S/C19H17ClN4O5S2/c20-13-1-4-15(5-2-13)31(28,29)23-9-7-12(8-10-23)18(25)22-19-21-16-6-3-14(24(26)27)11-17(16)30-19/h1-6,11-12H,7-10H2,(H,21,22,25). The van der Waals surface area contributed by atoms with Gasteiger partial charge in [-0.1, -0.05) is 22.9 Å². The van der Waals surface area contributed by atoms with Gasteiger partial charge >= 0.3 is 0 Å². The van der Waals surface area contributed by atoms with Crippen molar-refractivity contribution in [3.8, 4) is 0 Å². The van der Waals surface area contributed by atoms with E-state index in [1.807, 2.05) is 0 Å². The molecule has 31 heavy (non-hydrogen) atoms. The van der Waals surface area contributed by atoms with E-state index in [2.05, 4.69) is 10.3 Å². The summed E-state index contributed by atoms with van der Waals surface area (Å²) in [5, 5.41) is 14.5. The Balaban J connectivity index is 1.40. The molecule has 0 spiro atoms. The quantitative estimate of drug-likeness (QED) is 0.436. The van der Waals surface area contributed by atoms with Gasteiger partial charge in [-0.25, -0.2) is 13.4 Å².